The van der Waals surface area contributed by atoms with E-state index in [0.29, 0.717) is 6.54 Å². The Hall–Kier alpha value is 0.550. The van der Waals surface area contributed by atoms with Crippen LogP contribution in [0.25, 0.3) is 0 Å². The Bertz CT molecular complexity index is 653. The molecule has 2 unspecified atom stereocenters. The third-order valence-corrected chi connectivity index (χ3v) is 8.63. The summed E-state index contributed by atoms with van der Waals surface area (Å²) in [6.45, 7) is 0.427. The van der Waals surface area contributed by atoms with Gasteiger partial charge in [0.2, 0.25) is 0 Å². The normalized spacial score (nSPS) is 21.6. The molecule has 0 spiro atoms. The summed E-state index contributed by atoms with van der Waals surface area (Å²) in [5.41, 5.74) is 0.728. The molecule has 0 amide bonds. The van der Waals surface area contributed by atoms with Gasteiger partial charge in [0.1, 0.15) is 0 Å². The highest BCUT2D eigenvalue weighted by Gasteiger charge is 2.53. The first-order valence-electron chi connectivity index (χ1n) is 6.54. The molecule has 1 aliphatic rings. The molecule has 2 atom stereocenters. The highest BCUT2D eigenvalue weighted by atomic mass is 35.6. The number of benzene rings is 1. The van der Waals surface area contributed by atoms with Crippen molar-refractivity contribution >= 4 is 82.6 Å². The lowest BCUT2D eigenvalue weighted by Gasteiger charge is -2.26. The van der Waals surface area contributed by atoms with E-state index in [1.807, 2.05) is 0 Å². The molecule has 24 heavy (non-hydrogen) atoms. The lowest BCUT2D eigenvalue weighted by Crippen LogP contribution is -2.22. The minimum Gasteiger partial charge on any atom is -0.306 e. The van der Waals surface area contributed by atoms with Gasteiger partial charge in [0.25, 0.3) is 5.69 Å². The van der Waals surface area contributed by atoms with E-state index in [1.165, 1.54) is 12.1 Å². The molecular weight excluding hydrogens is 464 g/mol. The predicted molar refractivity (Wildman–Crippen MR) is 100 cm³/mol. The molecule has 1 aromatic rings. The van der Waals surface area contributed by atoms with E-state index < -0.39 is 19.8 Å². The Morgan fingerprint density at radius 3 is 1.92 bits per heavy atom. The zero-order valence-corrected chi connectivity index (χ0v) is 17.3. The molecule has 12 heteroatoms. The van der Waals surface area contributed by atoms with E-state index in [0.717, 1.165) is 5.56 Å². The molecule has 0 N–H and O–H groups in total. The van der Waals surface area contributed by atoms with E-state index in [1.54, 1.807) is 16.8 Å². The van der Waals surface area contributed by atoms with E-state index in [-0.39, 0.29) is 24.1 Å². The van der Waals surface area contributed by atoms with Gasteiger partial charge < -0.3 is 4.57 Å². The van der Waals surface area contributed by atoms with Crippen molar-refractivity contribution < 1.29 is 9.49 Å². The summed E-state index contributed by atoms with van der Waals surface area (Å²) in [4.78, 5) is 10.2. The number of non-ortho nitro benzene ring substituents is 1. The standard InChI is InChI=1S/C12H11Cl6N2O3P/c13-11(14,15)6-24(23,7-12(16,17)18)19-5-10(19)8-1-3-9(4-2-8)20(21)22/h1-4,10H,5-7H2. The van der Waals surface area contributed by atoms with Crippen molar-refractivity contribution in [3.05, 3.63) is 39.9 Å². The summed E-state index contributed by atoms with van der Waals surface area (Å²) in [6.07, 6.45) is -0.524. The van der Waals surface area contributed by atoms with E-state index in [4.69, 9.17) is 69.6 Å². The van der Waals surface area contributed by atoms with Gasteiger partial charge in [0.15, 0.2) is 14.9 Å². The second kappa shape index (κ2) is 7.28. The molecule has 0 bridgehead atoms. The Morgan fingerprint density at radius 2 is 1.54 bits per heavy atom. The second-order valence-electron chi connectivity index (χ2n) is 5.38. The van der Waals surface area contributed by atoms with Crippen LogP contribution < -0.4 is 0 Å². The van der Waals surface area contributed by atoms with Crippen molar-refractivity contribution in [2.75, 3.05) is 18.9 Å². The molecule has 1 saturated heterocycles. The van der Waals surface area contributed by atoms with Crippen LogP contribution in [0.15, 0.2) is 24.3 Å². The third kappa shape index (κ3) is 5.78. The van der Waals surface area contributed by atoms with Crippen LogP contribution in [-0.2, 0) is 4.57 Å². The fourth-order valence-electron chi connectivity index (χ4n) is 2.43. The first-order valence-corrected chi connectivity index (χ1v) is 10.8. The van der Waals surface area contributed by atoms with Crippen molar-refractivity contribution in [1.82, 2.24) is 4.67 Å². The molecule has 134 valence electrons. The van der Waals surface area contributed by atoms with Crippen LogP contribution in [0.5, 0.6) is 0 Å². The number of hydrogen-bond acceptors (Lipinski definition) is 3. The van der Waals surface area contributed by atoms with Crippen molar-refractivity contribution in [2.45, 2.75) is 13.6 Å². The van der Waals surface area contributed by atoms with Gasteiger partial charge in [-0.2, -0.15) is 0 Å². The predicted octanol–water partition coefficient (Wildman–Crippen LogP) is 5.97. The van der Waals surface area contributed by atoms with Crippen LogP contribution in [0.2, 0.25) is 0 Å². The van der Waals surface area contributed by atoms with Crippen molar-refractivity contribution in [2.24, 2.45) is 0 Å². The van der Waals surface area contributed by atoms with Gasteiger partial charge in [0.05, 0.1) is 23.3 Å². The molecule has 5 nitrogen and oxygen atoms in total. The number of nitro benzene ring substituents is 1. The number of halogens is 6. The lowest BCUT2D eigenvalue weighted by molar-refractivity contribution is -0.384. The summed E-state index contributed by atoms with van der Waals surface area (Å²) in [5.74, 6) is 0. The highest BCUT2D eigenvalue weighted by Crippen LogP contribution is 2.66. The molecule has 2 rings (SSSR count). The molecule has 1 heterocycles. The number of alkyl halides is 6. The molecule has 0 aromatic heterocycles. The van der Waals surface area contributed by atoms with Crippen LogP contribution >= 0.6 is 76.9 Å². The quantitative estimate of drug-likeness (QED) is 0.173. The minimum absolute atomic E-state index is 0.0308. The van der Waals surface area contributed by atoms with Gasteiger partial charge in [-0.05, 0) is 5.56 Å². The topological polar surface area (TPSA) is 63.2 Å². The second-order valence-corrected chi connectivity index (χ2v) is 13.3. The molecule has 0 aliphatic carbocycles. The largest absolute Gasteiger partial charge is 0.306 e. The number of rotatable bonds is 5. The first kappa shape index (κ1) is 20.9. The zero-order valence-electron chi connectivity index (χ0n) is 11.8. The Kier molecular flexibility index (Phi) is 6.33. The molecule has 1 fully saturated rings. The highest BCUT2D eigenvalue weighted by molar-refractivity contribution is 7.62. The Labute approximate surface area is 168 Å². The summed E-state index contributed by atoms with van der Waals surface area (Å²) in [6, 6.07) is 5.72. The first-order chi connectivity index (χ1) is 10.8. The Morgan fingerprint density at radius 1 is 1.08 bits per heavy atom. The lowest BCUT2D eigenvalue weighted by atomic mass is 10.1. The van der Waals surface area contributed by atoms with Crippen molar-refractivity contribution in [1.29, 1.82) is 0 Å². The van der Waals surface area contributed by atoms with Gasteiger partial charge in [-0.1, -0.05) is 81.7 Å². The molecule has 0 radical (unpaired) electrons. The van der Waals surface area contributed by atoms with Crippen LogP contribution in [0, 0.1) is 10.1 Å². The summed E-state index contributed by atoms with van der Waals surface area (Å²) < 4.78 is 11.4. The van der Waals surface area contributed by atoms with Crippen LogP contribution in [0.1, 0.15) is 11.6 Å². The summed E-state index contributed by atoms with van der Waals surface area (Å²) in [5, 5.41) is 10.7. The molecule has 0 saturated carbocycles. The van der Waals surface area contributed by atoms with E-state index >= 15 is 0 Å². The van der Waals surface area contributed by atoms with Crippen LogP contribution in [-0.4, -0.2) is 36.0 Å². The summed E-state index contributed by atoms with van der Waals surface area (Å²) >= 11 is 34.8. The molecule has 1 aromatic carbocycles. The monoisotopic (exact) mass is 472 g/mol. The zero-order chi connectivity index (χ0) is 18.3. The maximum Gasteiger partial charge on any atom is 0.269 e. The maximum atomic E-state index is 13.3. The van der Waals surface area contributed by atoms with Crippen LogP contribution in [0.4, 0.5) is 5.69 Å². The number of nitrogens with zero attached hydrogens (tertiary/aromatic N) is 2. The van der Waals surface area contributed by atoms with Gasteiger partial charge in [0, 0.05) is 18.7 Å². The van der Waals surface area contributed by atoms with Crippen molar-refractivity contribution in [3.8, 4) is 0 Å². The van der Waals surface area contributed by atoms with Gasteiger partial charge in [-0.15, -0.1) is 0 Å². The summed E-state index contributed by atoms with van der Waals surface area (Å²) in [7, 11) is -3.27. The fraction of sp³-hybridized carbons (Fsp3) is 0.500. The van der Waals surface area contributed by atoms with Crippen molar-refractivity contribution in [3.63, 3.8) is 0 Å². The Balaban J connectivity index is 2.21. The SMILES string of the molecule is O=[N+]([O-])c1ccc(C2CN2P(=O)(CC(Cl)(Cl)Cl)CC(Cl)(Cl)Cl)cc1. The minimum atomic E-state index is -3.27. The fourth-order valence-corrected chi connectivity index (χ4v) is 8.48. The van der Waals surface area contributed by atoms with E-state index in [9.17, 15) is 14.7 Å². The van der Waals surface area contributed by atoms with Gasteiger partial charge in [-0.25, -0.2) is 4.67 Å². The average Bonchev–Trinajstić information content (AvgIpc) is 3.14. The molecular formula is C12H11Cl6N2O3P. The maximum absolute atomic E-state index is 13.3. The van der Waals surface area contributed by atoms with Gasteiger partial charge in [-0.3, -0.25) is 10.1 Å². The number of nitro groups is 1. The smallest absolute Gasteiger partial charge is 0.269 e. The van der Waals surface area contributed by atoms with E-state index in [2.05, 4.69) is 0 Å². The van der Waals surface area contributed by atoms with Gasteiger partial charge >= 0.3 is 0 Å². The third-order valence-electron chi connectivity index (χ3n) is 3.40. The number of hydrogen-bond donors (Lipinski definition) is 0. The van der Waals surface area contributed by atoms with Crippen LogP contribution in [0.3, 0.4) is 0 Å². The molecule has 1 aliphatic heterocycles. The average molecular weight is 475 g/mol.